The lowest BCUT2D eigenvalue weighted by Crippen LogP contribution is -2.17. The first kappa shape index (κ1) is 23.4. The van der Waals surface area contributed by atoms with E-state index in [0.29, 0.717) is 28.2 Å². The van der Waals surface area contributed by atoms with Crippen molar-refractivity contribution >= 4 is 23.2 Å². The molecule has 0 unspecified atom stereocenters. The number of aromatic amines is 1. The number of nitriles is 1. The van der Waals surface area contributed by atoms with Gasteiger partial charge < -0.3 is 10.6 Å². The van der Waals surface area contributed by atoms with Crippen LogP contribution in [0, 0.1) is 18.3 Å². The van der Waals surface area contributed by atoms with Gasteiger partial charge in [-0.1, -0.05) is 18.2 Å². The number of benzene rings is 2. The molecule has 0 spiro atoms. The van der Waals surface area contributed by atoms with Gasteiger partial charge in [0.2, 0.25) is 0 Å². The molecule has 8 nitrogen and oxygen atoms in total. The quantitative estimate of drug-likeness (QED) is 0.367. The van der Waals surface area contributed by atoms with Gasteiger partial charge >= 0.3 is 0 Å². The third kappa shape index (κ3) is 5.25. The summed E-state index contributed by atoms with van der Waals surface area (Å²) >= 11 is 0. The van der Waals surface area contributed by atoms with Gasteiger partial charge in [-0.2, -0.15) is 10.4 Å². The molecule has 174 valence electrons. The smallest absolute Gasteiger partial charge is 0.257 e. The van der Waals surface area contributed by atoms with E-state index in [0.717, 1.165) is 16.7 Å². The number of aryl methyl sites for hydroxylation is 1. The average molecular weight is 465 g/mol. The van der Waals surface area contributed by atoms with Gasteiger partial charge in [-0.3, -0.25) is 19.7 Å². The Morgan fingerprint density at radius 3 is 2.46 bits per heavy atom. The predicted octanol–water partition coefficient (Wildman–Crippen LogP) is 5.09. The summed E-state index contributed by atoms with van der Waals surface area (Å²) in [4.78, 5) is 30.0. The van der Waals surface area contributed by atoms with Crippen LogP contribution in [0.5, 0.6) is 0 Å². The van der Waals surface area contributed by atoms with Crippen molar-refractivity contribution < 1.29 is 9.59 Å². The molecule has 35 heavy (non-hydrogen) atoms. The van der Waals surface area contributed by atoms with Crippen molar-refractivity contribution in [3.8, 4) is 17.3 Å². The number of hydrogen-bond donors (Lipinski definition) is 3. The Hall–Kier alpha value is -4.77. The highest BCUT2D eigenvalue weighted by molar-refractivity contribution is 6.06. The first-order valence-electron chi connectivity index (χ1n) is 11.0. The molecule has 2 heterocycles. The number of H-pyrrole nitrogens is 1. The van der Waals surface area contributed by atoms with E-state index < -0.39 is 5.41 Å². The number of nitrogens with one attached hydrogen (secondary N) is 3. The van der Waals surface area contributed by atoms with E-state index in [9.17, 15) is 14.9 Å². The zero-order valence-electron chi connectivity index (χ0n) is 19.6. The van der Waals surface area contributed by atoms with E-state index in [-0.39, 0.29) is 11.8 Å². The summed E-state index contributed by atoms with van der Waals surface area (Å²) in [7, 11) is 0. The second-order valence-corrected chi connectivity index (χ2v) is 8.67. The largest absolute Gasteiger partial charge is 0.322 e. The zero-order chi connectivity index (χ0) is 25.0. The molecule has 4 aromatic rings. The summed E-state index contributed by atoms with van der Waals surface area (Å²) in [5.41, 5.74) is 4.40. The van der Waals surface area contributed by atoms with Gasteiger partial charge in [-0.15, -0.1) is 0 Å². The number of aromatic nitrogens is 3. The number of hydrogen-bond acceptors (Lipinski definition) is 5. The number of rotatable bonds is 6. The van der Waals surface area contributed by atoms with Gasteiger partial charge in [0.25, 0.3) is 11.8 Å². The van der Waals surface area contributed by atoms with Crippen LogP contribution < -0.4 is 10.6 Å². The van der Waals surface area contributed by atoms with Gasteiger partial charge in [0.1, 0.15) is 0 Å². The van der Waals surface area contributed by atoms with Crippen molar-refractivity contribution in [1.82, 2.24) is 15.2 Å². The summed E-state index contributed by atoms with van der Waals surface area (Å²) in [6.07, 6.45) is 4.89. The summed E-state index contributed by atoms with van der Waals surface area (Å²) in [6.45, 7) is 5.48. The minimum Gasteiger partial charge on any atom is -0.322 e. The van der Waals surface area contributed by atoms with E-state index in [1.807, 2.05) is 19.1 Å². The normalized spacial score (nSPS) is 10.9. The summed E-state index contributed by atoms with van der Waals surface area (Å²) in [6, 6.07) is 18.0. The SMILES string of the molecule is Cc1ccc(NC(=O)c2cccc(C(C)(C)C#N)c2)cc1NC(=O)c1ccc(-c2cn[nH]c2)nc1. The fraction of sp³-hybridized carbons (Fsp3) is 0.148. The van der Waals surface area contributed by atoms with Crippen LogP contribution in [-0.2, 0) is 5.41 Å². The maximum atomic E-state index is 12.9. The van der Waals surface area contributed by atoms with Gasteiger partial charge in [-0.25, -0.2) is 0 Å². The molecule has 4 rings (SSSR count). The lowest BCUT2D eigenvalue weighted by atomic mass is 9.85. The van der Waals surface area contributed by atoms with Gasteiger partial charge in [0.15, 0.2) is 0 Å². The summed E-state index contributed by atoms with van der Waals surface area (Å²) in [5.74, 6) is -0.616. The molecular formula is C27H24N6O2. The molecule has 3 N–H and O–H groups in total. The zero-order valence-corrected chi connectivity index (χ0v) is 19.6. The van der Waals surface area contributed by atoms with Crippen LogP contribution in [0.15, 0.2) is 73.2 Å². The van der Waals surface area contributed by atoms with Gasteiger partial charge in [0, 0.05) is 34.9 Å². The molecule has 0 aliphatic rings. The molecule has 0 bridgehead atoms. The number of pyridine rings is 1. The third-order valence-corrected chi connectivity index (χ3v) is 5.69. The Kier molecular flexibility index (Phi) is 6.42. The highest BCUT2D eigenvalue weighted by Gasteiger charge is 2.21. The minimum absolute atomic E-state index is 0.305. The van der Waals surface area contributed by atoms with E-state index >= 15 is 0 Å². The number of anilines is 2. The first-order chi connectivity index (χ1) is 16.8. The van der Waals surface area contributed by atoms with Crippen molar-refractivity contribution in [2.45, 2.75) is 26.2 Å². The minimum atomic E-state index is -0.705. The topological polar surface area (TPSA) is 124 Å². The van der Waals surface area contributed by atoms with E-state index in [4.69, 9.17) is 0 Å². The van der Waals surface area contributed by atoms with E-state index in [2.05, 4.69) is 31.9 Å². The lowest BCUT2D eigenvalue weighted by molar-refractivity contribution is 0.101. The molecule has 0 saturated carbocycles. The number of carbonyl (C=O) groups excluding carboxylic acids is 2. The summed E-state index contributed by atoms with van der Waals surface area (Å²) < 4.78 is 0. The van der Waals surface area contributed by atoms with Crippen molar-refractivity contribution in [3.63, 3.8) is 0 Å². The first-order valence-corrected chi connectivity index (χ1v) is 11.0. The number of amides is 2. The monoisotopic (exact) mass is 464 g/mol. The Morgan fingerprint density at radius 2 is 1.77 bits per heavy atom. The molecule has 2 amide bonds. The van der Waals surface area contributed by atoms with Crippen LogP contribution in [-0.4, -0.2) is 27.0 Å². The Bertz CT molecular complexity index is 1420. The Labute approximate surface area is 203 Å². The van der Waals surface area contributed by atoms with Gasteiger partial charge in [-0.05, 0) is 68.3 Å². The maximum absolute atomic E-state index is 12.9. The molecular weight excluding hydrogens is 440 g/mol. The van der Waals surface area contributed by atoms with Crippen molar-refractivity contribution in [2.75, 3.05) is 10.6 Å². The van der Waals surface area contributed by atoms with E-state index in [1.54, 1.807) is 68.7 Å². The highest BCUT2D eigenvalue weighted by Crippen LogP contribution is 2.25. The second kappa shape index (κ2) is 9.61. The molecule has 0 aliphatic carbocycles. The standard InChI is InChI=1S/C27H24N6O2/c1-17-7-9-22(32-25(34)18-5-4-6-21(11-18)27(2,3)16-28)12-24(17)33-26(35)19-8-10-23(29-13-19)20-14-30-31-15-20/h4-15H,1-3H3,(H,30,31)(H,32,34)(H,33,35). The Balaban J connectivity index is 1.48. The molecule has 8 heteroatoms. The van der Waals surface area contributed by atoms with Crippen molar-refractivity contribution in [1.29, 1.82) is 5.26 Å². The molecule has 0 atom stereocenters. The lowest BCUT2D eigenvalue weighted by Gasteiger charge is -2.17. The van der Waals surface area contributed by atoms with Crippen LogP contribution in [0.4, 0.5) is 11.4 Å². The highest BCUT2D eigenvalue weighted by atomic mass is 16.2. The van der Waals surface area contributed by atoms with Crippen LogP contribution in [0.3, 0.4) is 0 Å². The summed E-state index contributed by atoms with van der Waals surface area (Å²) in [5, 5.41) is 21.8. The predicted molar refractivity (Wildman–Crippen MR) is 134 cm³/mol. The maximum Gasteiger partial charge on any atom is 0.257 e. The van der Waals surface area contributed by atoms with E-state index in [1.165, 1.54) is 6.20 Å². The molecule has 0 fully saturated rings. The molecule has 0 aliphatic heterocycles. The molecule has 2 aromatic heterocycles. The second-order valence-electron chi connectivity index (χ2n) is 8.67. The molecule has 2 aromatic carbocycles. The third-order valence-electron chi connectivity index (χ3n) is 5.69. The fourth-order valence-corrected chi connectivity index (χ4v) is 3.44. The van der Waals surface area contributed by atoms with Crippen LogP contribution in [0.1, 0.15) is 45.7 Å². The van der Waals surface area contributed by atoms with Gasteiger partial charge in [0.05, 0.1) is 28.9 Å². The van der Waals surface area contributed by atoms with Crippen LogP contribution in [0.2, 0.25) is 0 Å². The molecule has 0 radical (unpaired) electrons. The Morgan fingerprint density at radius 1 is 0.971 bits per heavy atom. The van der Waals surface area contributed by atoms with Crippen LogP contribution >= 0.6 is 0 Å². The number of carbonyl (C=O) groups is 2. The van der Waals surface area contributed by atoms with Crippen molar-refractivity contribution in [2.24, 2.45) is 0 Å². The molecule has 0 saturated heterocycles. The average Bonchev–Trinajstić information content (AvgIpc) is 3.41. The fourth-order valence-electron chi connectivity index (χ4n) is 3.44. The van der Waals surface area contributed by atoms with Crippen molar-refractivity contribution in [3.05, 3.63) is 95.4 Å². The number of nitrogens with zero attached hydrogens (tertiary/aromatic N) is 3. The van der Waals surface area contributed by atoms with Crippen LogP contribution in [0.25, 0.3) is 11.3 Å².